The number of carbonyl (C=O) groups is 5. The van der Waals surface area contributed by atoms with E-state index in [0.717, 1.165) is 17.7 Å². The van der Waals surface area contributed by atoms with Crippen molar-refractivity contribution >= 4 is 45.6 Å². The van der Waals surface area contributed by atoms with Gasteiger partial charge in [-0.05, 0) is 64.5 Å². The zero-order valence-electron chi connectivity index (χ0n) is 30.8. The van der Waals surface area contributed by atoms with Crippen LogP contribution in [0.5, 0.6) is 0 Å². The smallest absolute Gasteiger partial charge is 0.410 e. The highest BCUT2D eigenvalue weighted by atomic mass is 32.2. The maximum absolute atomic E-state index is 13.0. The molecule has 1 atom stereocenters. The number of carbonyl (C=O) groups excluding carboxylic acids is 5. The van der Waals surface area contributed by atoms with Crippen LogP contribution in [0.4, 0.5) is 15.3 Å². The van der Waals surface area contributed by atoms with E-state index in [-0.39, 0.29) is 45.1 Å². The molecule has 19 heteroatoms. The van der Waals surface area contributed by atoms with Crippen molar-refractivity contribution in [2.24, 2.45) is 5.73 Å². The summed E-state index contributed by atoms with van der Waals surface area (Å²) in [5, 5.41) is 19.1. The number of primary amides is 1. The number of benzene rings is 2. The number of para-hydroxylation sites is 1. The van der Waals surface area contributed by atoms with E-state index < -0.39 is 67.6 Å². The number of nitro groups is 1. The normalized spacial score (nSPS) is 11.8. The van der Waals surface area contributed by atoms with Crippen LogP contribution in [0.2, 0.25) is 0 Å². The molecule has 298 valence electrons. The molecule has 0 aliphatic carbocycles. The molecule has 18 nitrogen and oxygen atoms in total. The molecule has 5 amide bonds. The van der Waals surface area contributed by atoms with Gasteiger partial charge in [-0.3, -0.25) is 24.5 Å². The highest BCUT2D eigenvalue weighted by Crippen LogP contribution is 2.22. The van der Waals surface area contributed by atoms with Gasteiger partial charge in [0, 0.05) is 45.2 Å². The standard InChI is InChI=1S/C35H51N7O11S/c1-35(2,3)53-33(46)40-27(24-30(36)43)32(45)38-20-11-5-10-19-37-31(44)18-23-41(34(47)52-25-26-14-6-4-7-15-26)22-13-12-21-39-54(50,51)29-17-9-8-16-28(29)42(48)49/h4,6-9,14-17,27,39H,5,10-13,18-25H2,1-3H3,(H2,36,43)(H,37,44)(H,38,45)(H,40,46)/t27-/m0/s1. The average molecular weight is 778 g/mol. The quantitative estimate of drug-likeness (QED) is 0.0623. The molecule has 0 aliphatic heterocycles. The molecule has 2 aromatic carbocycles. The van der Waals surface area contributed by atoms with Gasteiger partial charge in [-0.25, -0.2) is 22.7 Å². The van der Waals surface area contributed by atoms with E-state index in [4.69, 9.17) is 15.2 Å². The zero-order chi connectivity index (χ0) is 40.1. The van der Waals surface area contributed by atoms with E-state index in [1.54, 1.807) is 45.0 Å². The van der Waals surface area contributed by atoms with E-state index in [2.05, 4.69) is 20.7 Å². The first-order valence-corrected chi connectivity index (χ1v) is 19.0. The highest BCUT2D eigenvalue weighted by Gasteiger charge is 2.26. The van der Waals surface area contributed by atoms with E-state index >= 15 is 0 Å². The van der Waals surface area contributed by atoms with Crippen LogP contribution in [0.3, 0.4) is 0 Å². The topological polar surface area (TPSA) is 258 Å². The van der Waals surface area contributed by atoms with Crippen molar-refractivity contribution < 1.29 is 46.8 Å². The van der Waals surface area contributed by atoms with Gasteiger partial charge in [0.2, 0.25) is 27.7 Å². The molecule has 54 heavy (non-hydrogen) atoms. The lowest BCUT2D eigenvalue weighted by Crippen LogP contribution is -2.50. The van der Waals surface area contributed by atoms with Gasteiger partial charge < -0.3 is 36.1 Å². The molecule has 0 saturated heterocycles. The van der Waals surface area contributed by atoms with Crippen LogP contribution in [-0.4, -0.2) is 92.5 Å². The number of nitrogens with two attached hydrogens (primary N) is 1. The summed E-state index contributed by atoms with van der Waals surface area (Å²) < 4.78 is 38.3. The molecule has 2 aromatic rings. The van der Waals surface area contributed by atoms with E-state index in [1.807, 2.05) is 6.07 Å². The van der Waals surface area contributed by atoms with Gasteiger partial charge in [0.1, 0.15) is 18.2 Å². The fraction of sp³-hybridized carbons (Fsp3) is 0.514. The second-order valence-electron chi connectivity index (χ2n) is 13.2. The van der Waals surface area contributed by atoms with Crippen LogP contribution in [0.25, 0.3) is 0 Å². The van der Waals surface area contributed by atoms with Crippen LogP contribution in [0.15, 0.2) is 59.5 Å². The predicted molar refractivity (Wildman–Crippen MR) is 197 cm³/mol. The summed E-state index contributed by atoms with van der Waals surface area (Å²) in [6, 6.07) is 12.9. The first-order valence-electron chi connectivity index (χ1n) is 17.5. The third-order valence-electron chi connectivity index (χ3n) is 7.46. The van der Waals surface area contributed by atoms with Crippen LogP contribution in [0, 0.1) is 10.1 Å². The molecule has 0 bridgehead atoms. The zero-order valence-corrected chi connectivity index (χ0v) is 31.7. The fourth-order valence-corrected chi connectivity index (χ4v) is 6.07. The number of hydrogen-bond donors (Lipinski definition) is 5. The molecule has 2 rings (SSSR count). The molecular formula is C35H51N7O11S. The third kappa shape index (κ3) is 18.0. The largest absolute Gasteiger partial charge is 0.445 e. The van der Waals surface area contributed by atoms with Crippen molar-refractivity contribution in [3.05, 3.63) is 70.3 Å². The summed E-state index contributed by atoms with van der Waals surface area (Å²) in [4.78, 5) is 73.0. The Labute approximate surface area is 315 Å². The second-order valence-corrected chi connectivity index (χ2v) is 14.9. The number of rotatable bonds is 23. The minimum atomic E-state index is -4.15. The van der Waals surface area contributed by atoms with E-state index in [9.17, 15) is 42.5 Å². The predicted octanol–water partition coefficient (Wildman–Crippen LogP) is 2.85. The van der Waals surface area contributed by atoms with Crippen molar-refractivity contribution in [2.45, 2.75) is 88.9 Å². The van der Waals surface area contributed by atoms with Gasteiger partial charge in [0.05, 0.1) is 11.3 Å². The molecule has 0 saturated carbocycles. The minimum Gasteiger partial charge on any atom is -0.445 e. The van der Waals surface area contributed by atoms with Gasteiger partial charge in [-0.15, -0.1) is 0 Å². The summed E-state index contributed by atoms with van der Waals surface area (Å²) in [7, 11) is -4.15. The highest BCUT2D eigenvalue weighted by molar-refractivity contribution is 7.89. The lowest BCUT2D eigenvalue weighted by molar-refractivity contribution is -0.387. The van der Waals surface area contributed by atoms with Gasteiger partial charge >= 0.3 is 12.2 Å². The van der Waals surface area contributed by atoms with Crippen LogP contribution >= 0.6 is 0 Å². The maximum atomic E-state index is 13.0. The average Bonchev–Trinajstić information content (AvgIpc) is 3.10. The Hall–Kier alpha value is -5.30. The number of amides is 5. The Bertz CT molecular complexity index is 1670. The van der Waals surface area contributed by atoms with Gasteiger partial charge in [0.15, 0.2) is 4.90 Å². The number of nitro benzene ring substituents is 1. The number of ether oxygens (including phenoxy) is 2. The molecule has 0 heterocycles. The van der Waals surface area contributed by atoms with Crippen LogP contribution < -0.4 is 26.4 Å². The Morgan fingerprint density at radius 3 is 2.15 bits per heavy atom. The molecule has 0 aromatic heterocycles. The fourth-order valence-electron chi connectivity index (χ4n) is 4.83. The summed E-state index contributed by atoms with van der Waals surface area (Å²) in [6.45, 7) is 5.75. The third-order valence-corrected chi connectivity index (χ3v) is 8.97. The first-order chi connectivity index (χ1) is 25.5. The number of alkyl carbamates (subject to hydrolysis) is 1. The SMILES string of the molecule is CC(C)(C)OC(=O)N[C@@H](CC(N)=O)C(=O)NCCCCCNC(=O)CCN(CCCCNS(=O)(=O)c1ccccc1[N+](=O)[O-])C(=O)OCc1ccccc1. The molecule has 0 unspecified atom stereocenters. The monoisotopic (exact) mass is 777 g/mol. The van der Waals surface area contributed by atoms with Crippen molar-refractivity contribution in [2.75, 3.05) is 32.7 Å². The maximum Gasteiger partial charge on any atom is 0.410 e. The van der Waals surface area contributed by atoms with Crippen molar-refractivity contribution in [1.29, 1.82) is 0 Å². The number of sulfonamides is 1. The summed E-state index contributed by atoms with van der Waals surface area (Å²) in [5.41, 5.74) is 4.66. The van der Waals surface area contributed by atoms with Crippen LogP contribution in [-0.2, 0) is 40.5 Å². The Morgan fingerprint density at radius 1 is 0.870 bits per heavy atom. The minimum absolute atomic E-state index is 0.0184. The number of hydrogen-bond acceptors (Lipinski definition) is 11. The second kappa shape index (κ2) is 22.7. The lowest BCUT2D eigenvalue weighted by atomic mass is 10.1. The van der Waals surface area contributed by atoms with Crippen molar-refractivity contribution in [1.82, 2.24) is 25.6 Å². The number of unbranched alkanes of at least 4 members (excludes halogenated alkanes) is 3. The van der Waals surface area contributed by atoms with Gasteiger partial charge in [-0.2, -0.15) is 0 Å². The number of nitrogens with zero attached hydrogens (tertiary/aromatic N) is 2. The van der Waals surface area contributed by atoms with Crippen LogP contribution in [0.1, 0.15) is 71.3 Å². The molecule has 0 spiro atoms. The van der Waals surface area contributed by atoms with E-state index in [0.29, 0.717) is 38.6 Å². The summed E-state index contributed by atoms with van der Waals surface area (Å²) in [5.74, 6) is -1.65. The van der Waals surface area contributed by atoms with Gasteiger partial charge in [0.25, 0.3) is 5.69 Å². The molecular weight excluding hydrogens is 726 g/mol. The lowest BCUT2D eigenvalue weighted by Gasteiger charge is -2.22. The molecule has 0 aliphatic rings. The Morgan fingerprint density at radius 2 is 1.50 bits per heavy atom. The van der Waals surface area contributed by atoms with E-state index in [1.165, 1.54) is 17.0 Å². The summed E-state index contributed by atoms with van der Waals surface area (Å²) >= 11 is 0. The first kappa shape index (κ1) is 44.9. The van der Waals surface area contributed by atoms with Gasteiger partial charge in [-0.1, -0.05) is 42.5 Å². The molecule has 6 N–H and O–H groups in total. The Kier molecular flexibility index (Phi) is 18.9. The van der Waals surface area contributed by atoms with Crippen molar-refractivity contribution in [3.8, 4) is 0 Å². The van der Waals surface area contributed by atoms with Crippen molar-refractivity contribution in [3.63, 3.8) is 0 Å². The molecule has 0 fully saturated rings. The summed E-state index contributed by atoms with van der Waals surface area (Å²) in [6.07, 6.45) is 0.501. The molecule has 0 radical (unpaired) electrons. The Balaban J connectivity index is 1.79. The number of nitrogens with one attached hydrogen (secondary N) is 4.